The summed E-state index contributed by atoms with van der Waals surface area (Å²) in [6.07, 6.45) is 2.25. The van der Waals surface area contributed by atoms with Crippen molar-refractivity contribution in [2.24, 2.45) is 0 Å². The first kappa shape index (κ1) is 6.04. The summed E-state index contributed by atoms with van der Waals surface area (Å²) in [6.45, 7) is -0.0915. The third kappa shape index (κ3) is 1.000. The fourth-order valence-electron chi connectivity index (χ4n) is 0.666. The highest BCUT2D eigenvalue weighted by Gasteiger charge is 1.93. The molecule has 0 fully saturated rings. The highest BCUT2D eigenvalue weighted by Crippen LogP contribution is 1.97. The third-order valence-electron chi connectivity index (χ3n) is 1.14. The molecule has 0 bridgehead atoms. The number of aromatic nitrogens is 1. The molecule has 0 aromatic carbocycles. The molecule has 3 nitrogen and oxygen atoms in total. The van der Waals surface area contributed by atoms with Gasteiger partial charge in [0.2, 0.25) is 6.41 Å². The van der Waals surface area contributed by atoms with Crippen LogP contribution in [0.3, 0.4) is 0 Å². The molecular weight excluding hydrogens is 118 g/mol. The van der Waals surface area contributed by atoms with E-state index in [1.54, 1.807) is 18.3 Å². The smallest absolute Gasteiger partial charge is 0.218 e. The van der Waals surface area contributed by atoms with Gasteiger partial charge in [0.25, 0.3) is 0 Å². The van der Waals surface area contributed by atoms with Gasteiger partial charge in [-0.05, 0) is 12.1 Å². The second-order valence-corrected chi connectivity index (χ2v) is 1.67. The molecule has 0 atom stereocenters. The summed E-state index contributed by atoms with van der Waals surface area (Å²) in [7, 11) is 0. The molecule has 1 aromatic heterocycles. The molecule has 0 unspecified atom stereocenters. The molecule has 1 rings (SSSR count). The van der Waals surface area contributed by atoms with E-state index in [1.165, 1.54) is 4.57 Å². The Labute approximate surface area is 52.5 Å². The predicted octanol–water partition coefficient (Wildman–Crippen LogP) is 0.0187. The zero-order valence-electron chi connectivity index (χ0n) is 4.82. The fourth-order valence-corrected chi connectivity index (χ4v) is 0.666. The zero-order valence-corrected chi connectivity index (χ0v) is 4.82. The maximum Gasteiger partial charge on any atom is 0.218 e. The summed E-state index contributed by atoms with van der Waals surface area (Å²) in [5.41, 5.74) is 0.616. The lowest BCUT2D eigenvalue weighted by Gasteiger charge is -1.93. The molecule has 0 spiro atoms. The van der Waals surface area contributed by atoms with E-state index in [4.69, 9.17) is 5.11 Å². The van der Waals surface area contributed by atoms with Gasteiger partial charge in [0.15, 0.2) is 0 Å². The largest absolute Gasteiger partial charge is 0.390 e. The topological polar surface area (TPSA) is 42.2 Å². The Kier molecular flexibility index (Phi) is 1.65. The lowest BCUT2D eigenvalue weighted by atomic mass is 10.5. The summed E-state index contributed by atoms with van der Waals surface area (Å²) in [5.74, 6) is 0. The van der Waals surface area contributed by atoms with Crippen LogP contribution < -0.4 is 0 Å². The van der Waals surface area contributed by atoms with E-state index < -0.39 is 0 Å². The first-order valence-electron chi connectivity index (χ1n) is 2.60. The van der Waals surface area contributed by atoms with Crippen molar-refractivity contribution >= 4 is 6.41 Å². The molecule has 0 radical (unpaired) electrons. The van der Waals surface area contributed by atoms with Gasteiger partial charge in [-0.25, -0.2) is 0 Å². The molecule has 0 amide bonds. The molecule has 0 aliphatic heterocycles. The quantitative estimate of drug-likeness (QED) is 0.566. The van der Waals surface area contributed by atoms with Crippen LogP contribution in [0.4, 0.5) is 0 Å². The maximum absolute atomic E-state index is 10.1. The second kappa shape index (κ2) is 2.46. The summed E-state index contributed by atoms with van der Waals surface area (Å²) in [4.78, 5) is 10.1. The fraction of sp³-hybridized carbons (Fsp3) is 0.167. The lowest BCUT2D eigenvalue weighted by molar-refractivity contribution is 0.275. The monoisotopic (exact) mass is 125 g/mol. The number of hydrogen-bond acceptors (Lipinski definition) is 2. The Morgan fingerprint density at radius 2 is 2.56 bits per heavy atom. The zero-order chi connectivity index (χ0) is 6.69. The van der Waals surface area contributed by atoms with Crippen molar-refractivity contribution in [3.8, 4) is 0 Å². The van der Waals surface area contributed by atoms with Crippen LogP contribution in [0.5, 0.6) is 0 Å². The summed E-state index contributed by atoms with van der Waals surface area (Å²) in [6, 6.07) is 3.40. The molecule has 0 aliphatic carbocycles. The molecule has 1 heterocycles. The highest BCUT2D eigenvalue weighted by atomic mass is 16.3. The predicted molar refractivity (Wildman–Crippen MR) is 32.5 cm³/mol. The van der Waals surface area contributed by atoms with E-state index in [-0.39, 0.29) is 6.61 Å². The van der Waals surface area contributed by atoms with Crippen LogP contribution in [0, 0.1) is 0 Å². The van der Waals surface area contributed by atoms with Crippen LogP contribution in [0.15, 0.2) is 18.3 Å². The molecular formula is C6H7NO2. The van der Waals surface area contributed by atoms with Crippen molar-refractivity contribution in [2.45, 2.75) is 6.61 Å². The molecule has 1 aromatic rings. The Balaban J connectivity index is 2.98. The van der Waals surface area contributed by atoms with Crippen LogP contribution >= 0.6 is 0 Å². The number of rotatable bonds is 2. The molecule has 9 heavy (non-hydrogen) atoms. The Hall–Kier alpha value is -1.09. The molecule has 0 saturated heterocycles. The van der Waals surface area contributed by atoms with Gasteiger partial charge in [-0.2, -0.15) is 0 Å². The summed E-state index contributed by atoms with van der Waals surface area (Å²) < 4.78 is 1.33. The van der Waals surface area contributed by atoms with Crippen LogP contribution in [0.2, 0.25) is 0 Å². The maximum atomic E-state index is 10.1. The van der Waals surface area contributed by atoms with E-state index >= 15 is 0 Å². The van der Waals surface area contributed by atoms with Crippen LogP contribution in [0.1, 0.15) is 5.69 Å². The number of hydrogen-bond donors (Lipinski definition) is 1. The second-order valence-electron chi connectivity index (χ2n) is 1.67. The minimum Gasteiger partial charge on any atom is -0.390 e. The van der Waals surface area contributed by atoms with Crippen molar-refractivity contribution in [3.63, 3.8) is 0 Å². The van der Waals surface area contributed by atoms with Gasteiger partial charge in [-0.1, -0.05) is 0 Å². The van der Waals surface area contributed by atoms with Gasteiger partial charge < -0.3 is 5.11 Å². The van der Waals surface area contributed by atoms with Crippen molar-refractivity contribution in [1.82, 2.24) is 4.57 Å². The van der Waals surface area contributed by atoms with Crippen molar-refractivity contribution in [1.29, 1.82) is 0 Å². The average molecular weight is 125 g/mol. The van der Waals surface area contributed by atoms with E-state index in [2.05, 4.69) is 0 Å². The van der Waals surface area contributed by atoms with Gasteiger partial charge in [-0.3, -0.25) is 9.36 Å². The normalized spacial score (nSPS) is 9.44. The average Bonchev–Trinajstić information content (AvgIpc) is 2.33. The minimum absolute atomic E-state index is 0.0915. The SMILES string of the molecule is O=Cn1cccc1CO. The number of nitrogens with zero attached hydrogens (tertiary/aromatic N) is 1. The molecule has 48 valence electrons. The van der Waals surface area contributed by atoms with Gasteiger partial charge in [-0.15, -0.1) is 0 Å². The minimum atomic E-state index is -0.0915. The summed E-state index contributed by atoms with van der Waals surface area (Å²) in [5, 5.41) is 8.56. The van der Waals surface area contributed by atoms with E-state index in [0.29, 0.717) is 12.1 Å². The van der Waals surface area contributed by atoms with E-state index in [0.717, 1.165) is 0 Å². The number of carbonyl (C=O) groups excluding carboxylic acids is 1. The molecule has 3 heteroatoms. The first-order chi connectivity index (χ1) is 4.38. The number of carbonyl (C=O) groups is 1. The van der Waals surface area contributed by atoms with Gasteiger partial charge in [0.1, 0.15) is 0 Å². The van der Waals surface area contributed by atoms with Gasteiger partial charge in [0.05, 0.1) is 12.3 Å². The Bertz CT molecular complexity index is 205. The van der Waals surface area contributed by atoms with Crippen LogP contribution in [-0.2, 0) is 11.4 Å². The van der Waals surface area contributed by atoms with Crippen LogP contribution in [-0.4, -0.2) is 16.1 Å². The molecule has 0 saturated carbocycles. The summed E-state index contributed by atoms with van der Waals surface area (Å²) >= 11 is 0. The van der Waals surface area contributed by atoms with E-state index in [1.807, 2.05) is 0 Å². The number of aliphatic hydroxyl groups is 1. The van der Waals surface area contributed by atoms with Crippen molar-refractivity contribution in [2.75, 3.05) is 0 Å². The molecule has 0 aliphatic rings. The van der Waals surface area contributed by atoms with Gasteiger partial charge >= 0.3 is 0 Å². The standard InChI is InChI=1S/C6H7NO2/c8-4-6-2-1-3-7(6)5-9/h1-3,5,8H,4H2. The number of aliphatic hydroxyl groups excluding tert-OH is 1. The Morgan fingerprint density at radius 3 is 3.00 bits per heavy atom. The highest BCUT2D eigenvalue weighted by molar-refractivity contribution is 5.53. The van der Waals surface area contributed by atoms with Crippen molar-refractivity contribution in [3.05, 3.63) is 24.0 Å². The lowest BCUT2D eigenvalue weighted by Crippen LogP contribution is -1.97. The van der Waals surface area contributed by atoms with Crippen molar-refractivity contribution < 1.29 is 9.90 Å². The van der Waals surface area contributed by atoms with Gasteiger partial charge in [0, 0.05) is 6.20 Å². The Morgan fingerprint density at radius 1 is 1.78 bits per heavy atom. The molecule has 1 N–H and O–H groups in total. The van der Waals surface area contributed by atoms with E-state index in [9.17, 15) is 4.79 Å². The first-order valence-corrected chi connectivity index (χ1v) is 2.60. The van der Waals surface area contributed by atoms with Crippen LogP contribution in [0.25, 0.3) is 0 Å². The third-order valence-corrected chi connectivity index (χ3v) is 1.14.